The summed E-state index contributed by atoms with van der Waals surface area (Å²) in [7, 11) is 0. The van der Waals surface area contributed by atoms with Crippen molar-refractivity contribution in [1.29, 1.82) is 0 Å². The number of rotatable bonds is 9. The molecule has 0 aliphatic rings. The molecule has 1 aromatic heterocycles. The van der Waals surface area contributed by atoms with Gasteiger partial charge in [-0.15, -0.1) is 0 Å². The maximum absolute atomic E-state index is 12.3. The van der Waals surface area contributed by atoms with Gasteiger partial charge in [0.15, 0.2) is 0 Å². The molecule has 0 spiro atoms. The van der Waals surface area contributed by atoms with Crippen molar-refractivity contribution in [2.45, 2.75) is 46.6 Å². The molecule has 1 heterocycles. The van der Waals surface area contributed by atoms with Crippen molar-refractivity contribution in [3.63, 3.8) is 0 Å². The molecule has 5 heteroatoms. The Morgan fingerprint density at radius 3 is 2.09 bits per heavy atom. The van der Waals surface area contributed by atoms with E-state index in [1.54, 1.807) is 24.2 Å². The summed E-state index contributed by atoms with van der Waals surface area (Å²) in [6.45, 7) is 8.24. The molecular formula is C17H27N3O2. The molecule has 0 bridgehead atoms. The second kappa shape index (κ2) is 9.92. The molecule has 2 amide bonds. The molecule has 122 valence electrons. The molecule has 5 nitrogen and oxygen atoms in total. The molecule has 0 atom stereocenters. The summed E-state index contributed by atoms with van der Waals surface area (Å²) in [5.74, 6) is 0.117. The van der Waals surface area contributed by atoms with Crippen molar-refractivity contribution in [2.75, 3.05) is 19.6 Å². The zero-order valence-corrected chi connectivity index (χ0v) is 13.9. The standard InChI is InChI=1S/C17H27N3O2/c1-4-11-19(12-5-2)17(22)8-13-20(15(3)21)14-16-6-9-18-10-7-16/h6-7,9-10H,4-5,8,11-14H2,1-3H3. The molecule has 0 fully saturated rings. The van der Waals surface area contributed by atoms with Gasteiger partial charge in [0.1, 0.15) is 0 Å². The van der Waals surface area contributed by atoms with E-state index in [1.807, 2.05) is 17.0 Å². The van der Waals surface area contributed by atoms with E-state index in [1.165, 1.54) is 0 Å². The largest absolute Gasteiger partial charge is 0.343 e. The first kappa shape index (κ1) is 18.1. The van der Waals surface area contributed by atoms with Gasteiger partial charge in [-0.25, -0.2) is 0 Å². The van der Waals surface area contributed by atoms with Gasteiger partial charge < -0.3 is 9.80 Å². The Kier molecular flexibility index (Phi) is 8.18. The van der Waals surface area contributed by atoms with Gasteiger partial charge in [0.25, 0.3) is 0 Å². The summed E-state index contributed by atoms with van der Waals surface area (Å²) in [6, 6.07) is 3.77. The van der Waals surface area contributed by atoms with Crippen LogP contribution in [0.25, 0.3) is 0 Å². The third-order valence-corrected chi connectivity index (χ3v) is 3.50. The second-order valence-electron chi connectivity index (χ2n) is 5.43. The lowest BCUT2D eigenvalue weighted by Crippen LogP contribution is -2.36. The predicted molar refractivity (Wildman–Crippen MR) is 87.1 cm³/mol. The molecule has 1 aromatic rings. The maximum atomic E-state index is 12.3. The number of carbonyl (C=O) groups excluding carboxylic acids is 2. The predicted octanol–water partition coefficient (Wildman–Crippen LogP) is 2.47. The van der Waals surface area contributed by atoms with Gasteiger partial charge in [-0.3, -0.25) is 14.6 Å². The molecular weight excluding hydrogens is 278 g/mol. The number of amides is 2. The lowest BCUT2D eigenvalue weighted by Gasteiger charge is -2.25. The summed E-state index contributed by atoms with van der Waals surface area (Å²) in [6.07, 6.45) is 5.72. The molecule has 0 aliphatic heterocycles. The molecule has 0 saturated carbocycles. The Bertz CT molecular complexity index is 456. The summed E-state index contributed by atoms with van der Waals surface area (Å²) < 4.78 is 0. The van der Waals surface area contributed by atoms with Crippen LogP contribution in [0, 0.1) is 0 Å². The average molecular weight is 305 g/mol. The lowest BCUT2D eigenvalue weighted by atomic mass is 10.2. The van der Waals surface area contributed by atoms with E-state index in [2.05, 4.69) is 18.8 Å². The van der Waals surface area contributed by atoms with Crippen molar-refractivity contribution in [2.24, 2.45) is 0 Å². The Hall–Kier alpha value is -1.91. The van der Waals surface area contributed by atoms with Crippen LogP contribution in [0.15, 0.2) is 24.5 Å². The number of pyridine rings is 1. The van der Waals surface area contributed by atoms with Crippen LogP contribution in [-0.2, 0) is 16.1 Å². The van der Waals surface area contributed by atoms with Gasteiger partial charge in [0.05, 0.1) is 0 Å². The first-order valence-electron chi connectivity index (χ1n) is 8.00. The Morgan fingerprint density at radius 1 is 1.00 bits per heavy atom. The molecule has 22 heavy (non-hydrogen) atoms. The van der Waals surface area contributed by atoms with E-state index in [9.17, 15) is 9.59 Å². The highest BCUT2D eigenvalue weighted by molar-refractivity contribution is 5.78. The highest BCUT2D eigenvalue weighted by Gasteiger charge is 2.15. The van der Waals surface area contributed by atoms with E-state index in [-0.39, 0.29) is 11.8 Å². The zero-order chi connectivity index (χ0) is 16.4. The summed E-state index contributed by atoms with van der Waals surface area (Å²) in [4.78, 5) is 31.6. The molecule has 0 aliphatic carbocycles. The SMILES string of the molecule is CCCN(CCC)C(=O)CCN(Cc1ccncc1)C(C)=O. The normalized spacial score (nSPS) is 10.3. The zero-order valence-electron chi connectivity index (χ0n) is 13.9. The third kappa shape index (κ3) is 6.24. The van der Waals surface area contributed by atoms with Crippen LogP contribution in [0.4, 0.5) is 0 Å². The molecule has 0 N–H and O–H groups in total. The van der Waals surface area contributed by atoms with E-state index < -0.39 is 0 Å². The van der Waals surface area contributed by atoms with Crippen LogP contribution in [0.1, 0.15) is 45.6 Å². The second-order valence-corrected chi connectivity index (χ2v) is 5.43. The average Bonchev–Trinajstić information content (AvgIpc) is 2.51. The van der Waals surface area contributed by atoms with Gasteiger partial charge in [-0.05, 0) is 30.5 Å². The Morgan fingerprint density at radius 2 is 1.59 bits per heavy atom. The van der Waals surface area contributed by atoms with Crippen molar-refractivity contribution in [3.05, 3.63) is 30.1 Å². The minimum Gasteiger partial charge on any atom is -0.343 e. The van der Waals surface area contributed by atoms with E-state index >= 15 is 0 Å². The van der Waals surface area contributed by atoms with Crippen LogP contribution in [0.2, 0.25) is 0 Å². The molecule has 1 rings (SSSR count). The smallest absolute Gasteiger partial charge is 0.224 e. The van der Waals surface area contributed by atoms with Crippen molar-refractivity contribution < 1.29 is 9.59 Å². The van der Waals surface area contributed by atoms with Crippen molar-refractivity contribution in [1.82, 2.24) is 14.8 Å². The first-order chi connectivity index (χ1) is 10.6. The monoisotopic (exact) mass is 305 g/mol. The number of aromatic nitrogens is 1. The van der Waals surface area contributed by atoms with Gasteiger partial charge in [-0.2, -0.15) is 0 Å². The minimum atomic E-state index is -0.0119. The van der Waals surface area contributed by atoms with Crippen LogP contribution in [0.3, 0.4) is 0 Å². The summed E-state index contributed by atoms with van der Waals surface area (Å²) >= 11 is 0. The van der Waals surface area contributed by atoms with Crippen molar-refractivity contribution >= 4 is 11.8 Å². The highest BCUT2D eigenvalue weighted by atomic mass is 16.2. The van der Waals surface area contributed by atoms with Crippen LogP contribution in [0.5, 0.6) is 0 Å². The first-order valence-corrected chi connectivity index (χ1v) is 8.00. The maximum Gasteiger partial charge on any atom is 0.224 e. The summed E-state index contributed by atoms with van der Waals surface area (Å²) in [5.41, 5.74) is 1.02. The van der Waals surface area contributed by atoms with E-state index in [4.69, 9.17) is 0 Å². The Labute approximate surface area is 133 Å². The quantitative estimate of drug-likeness (QED) is 0.704. The van der Waals surface area contributed by atoms with Crippen LogP contribution in [-0.4, -0.2) is 46.2 Å². The van der Waals surface area contributed by atoms with E-state index in [0.717, 1.165) is 31.5 Å². The fraction of sp³-hybridized carbons (Fsp3) is 0.588. The highest BCUT2D eigenvalue weighted by Crippen LogP contribution is 2.06. The topological polar surface area (TPSA) is 53.5 Å². The van der Waals surface area contributed by atoms with Crippen LogP contribution >= 0.6 is 0 Å². The lowest BCUT2D eigenvalue weighted by molar-refractivity contribution is -0.133. The van der Waals surface area contributed by atoms with E-state index in [0.29, 0.717) is 19.5 Å². The number of carbonyl (C=O) groups is 2. The van der Waals surface area contributed by atoms with Gasteiger partial charge in [0.2, 0.25) is 11.8 Å². The molecule has 0 unspecified atom stereocenters. The molecule has 0 saturated heterocycles. The third-order valence-electron chi connectivity index (χ3n) is 3.50. The van der Waals surface area contributed by atoms with Crippen LogP contribution < -0.4 is 0 Å². The fourth-order valence-electron chi connectivity index (χ4n) is 2.35. The van der Waals surface area contributed by atoms with Crippen molar-refractivity contribution in [3.8, 4) is 0 Å². The van der Waals surface area contributed by atoms with Gasteiger partial charge in [0, 0.05) is 51.9 Å². The number of hydrogen-bond donors (Lipinski definition) is 0. The van der Waals surface area contributed by atoms with Gasteiger partial charge in [-0.1, -0.05) is 13.8 Å². The Balaban J connectivity index is 2.56. The molecule has 0 aromatic carbocycles. The fourth-order valence-corrected chi connectivity index (χ4v) is 2.35. The van der Waals surface area contributed by atoms with Gasteiger partial charge >= 0.3 is 0 Å². The minimum absolute atomic E-state index is 0.0119. The molecule has 0 radical (unpaired) electrons. The number of nitrogens with zero attached hydrogens (tertiary/aromatic N) is 3. The number of hydrogen-bond acceptors (Lipinski definition) is 3. The summed E-state index contributed by atoms with van der Waals surface area (Å²) in [5, 5.41) is 0.